The van der Waals surface area contributed by atoms with Crippen molar-refractivity contribution in [3.8, 4) is 6.07 Å². The highest BCUT2D eigenvalue weighted by Gasteiger charge is 2.34. The second-order valence-electron chi connectivity index (χ2n) is 7.30. The number of piperidine rings is 1. The molecular formula is C23H24N2. The van der Waals surface area contributed by atoms with Crippen molar-refractivity contribution in [3.63, 3.8) is 0 Å². The van der Waals surface area contributed by atoms with Crippen LogP contribution in [0.1, 0.15) is 47.9 Å². The van der Waals surface area contributed by atoms with Gasteiger partial charge in [0.25, 0.3) is 0 Å². The summed E-state index contributed by atoms with van der Waals surface area (Å²) in [5, 5.41) is 9.33. The first-order valence-corrected chi connectivity index (χ1v) is 9.26. The molecule has 4 rings (SSSR count). The lowest BCUT2D eigenvalue weighted by Gasteiger charge is -2.45. The second kappa shape index (κ2) is 6.86. The molecule has 0 amide bonds. The van der Waals surface area contributed by atoms with Gasteiger partial charge in [0, 0.05) is 18.6 Å². The van der Waals surface area contributed by atoms with E-state index in [1.165, 1.54) is 36.0 Å². The van der Waals surface area contributed by atoms with Crippen molar-refractivity contribution in [2.45, 2.75) is 51.2 Å². The Kier molecular flexibility index (Phi) is 4.42. The van der Waals surface area contributed by atoms with Crippen LogP contribution in [0.2, 0.25) is 0 Å². The third-order valence-electron chi connectivity index (χ3n) is 5.79. The Morgan fingerprint density at radius 1 is 1.08 bits per heavy atom. The van der Waals surface area contributed by atoms with E-state index in [4.69, 9.17) is 0 Å². The Balaban J connectivity index is 1.65. The fourth-order valence-corrected chi connectivity index (χ4v) is 4.46. The molecule has 25 heavy (non-hydrogen) atoms. The Labute approximate surface area is 150 Å². The molecule has 2 aliphatic rings. The molecule has 126 valence electrons. The van der Waals surface area contributed by atoms with Crippen molar-refractivity contribution in [2.75, 3.05) is 0 Å². The van der Waals surface area contributed by atoms with Crippen LogP contribution >= 0.6 is 0 Å². The van der Waals surface area contributed by atoms with Gasteiger partial charge >= 0.3 is 0 Å². The van der Waals surface area contributed by atoms with E-state index < -0.39 is 0 Å². The van der Waals surface area contributed by atoms with Gasteiger partial charge in [-0.25, -0.2) is 0 Å². The van der Waals surface area contributed by atoms with Crippen LogP contribution in [0.5, 0.6) is 0 Å². The van der Waals surface area contributed by atoms with Crippen LogP contribution in [0.3, 0.4) is 0 Å². The maximum Gasteiger partial charge on any atom is 0.0994 e. The van der Waals surface area contributed by atoms with Crippen LogP contribution in [0.15, 0.2) is 54.6 Å². The number of nitriles is 1. The van der Waals surface area contributed by atoms with Gasteiger partial charge in [0.2, 0.25) is 0 Å². The highest BCUT2D eigenvalue weighted by atomic mass is 15.2. The van der Waals surface area contributed by atoms with Crippen LogP contribution in [0.4, 0.5) is 0 Å². The number of nitrogens with zero attached hydrogens (tertiary/aromatic N) is 2. The Morgan fingerprint density at radius 2 is 1.92 bits per heavy atom. The van der Waals surface area contributed by atoms with Gasteiger partial charge in [-0.1, -0.05) is 55.0 Å². The highest BCUT2D eigenvalue weighted by Crippen LogP contribution is 2.39. The van der Waals surface area contributed by atoms with Crippen LogP contribution in [0, 0.1) is 18.3 Å². The third-order valence-corrected chi connectivity index (χ3v) is 5.79. The molecule has 0 spiro atoms. The fraction of sp³-hybridized carbons (Fsp3) is 0.348. The zero-order valence-corrected chi connectivity index (χ0v) is 14.8. The highest BCUT2D eigenvalue weighted by molar-refractivity contribution is 5.72. The topological polar surface area (TPSA) is 27.0 Å². The monoisotopic (exact) mass is 328 g/mol. The van der Waals surface area contributed by atoms with Crippen molar-refractivity contribution < 1.29 is 0 Å². The summed E-state index contributed by atoms with van der Waals surface area (Å²) in [6.45, 7) is 3.12. The predicted molar refractivity (Wildman–Crippen MR) is 102 cm³/mol. The van der Waals surface area contributed by atoms with Gasteiger partial charge in [-0.15, -0.1) is 0 Å². The van der Waals surface area contributed by atoms with E-state index in [1.807, 2.05) is 12.1 Å². The molecule has 0 aliphatic carbocycles. The van der Waals surface area contributed by atoms with Crippen molar-refractivity contribution in [1.82, 2.24) is 4.90 Å². The van der Waals surface area contributed by atoms with Crippen LogP contribution in [-0.2, 0) is 6.54 Å². The molecule has 2 heteroatoms. The minimum Gasteiger partial charge on any atom is -0.289 e. The summed E-state index contributed by atoms with van der Waals surface area (Å²) in [4.78, 5) is 2.69. The lowest BCUT2D eigenvalue weighted by Crippen LogP contribution is -2.47. The number of fused-ring (bicyclic) bond motifs is 2. The summed E-state index contributed by atoms with van der Waals surface area (Å²) < 4.78 is 0. The third kappa shape index (κ3) is 3.13. The molecule has 2 aliphatic heterocycles. The summed E-state index contributed by atoms with van der Waals surface area (Å²) in [5.41, 5.74) is 6.05. The van der Waals surface area contributed by atoms with Crippen LogP contribution < -0.4 is 0 Å². The van der Waals surface area contributed by atoms with Gasteiger partial charge < -0.3 is 0 Å². The van der Waals surface area contributed by atoms with Gasteiger partial charge in [-0.05, 0) is 54.5 Å². The Bertz CT molecular complexity index is 829. The maximum absolute atomic E-state index is 9.33. The van der Waals surface area contributed by atoms with Gasteiger partial charge in [0.05, 0.1) is 11.6 Å². The number of benzene rings is 2. The zero-order chi connectivity index (χ0) is 17.2. The largest absolute Gasteiger partial charge is 0.289 e. The Morgan fingerprint density at radius 3 is 2.68 bits per heavy atom. The quantitative estimate of drug-likeness (QED) is 0.786. The molecule has 2 aromatic rings. The van der Waals surface area contributed by atoms with Crippen molar-refractivity contribution in [1.29, 1.82) is 5.26 Å². The lowest BCUT2D eigenvalue weighted by atomic mass is 9.81. The second-order valence-corrected chi connectivity index (χ2v) is 7.30. The first kappa shape index (κ1) is 16.1. The lowest BCUT2D eigenvalue weighted by molar-refractivity contribution is 0.0951. The molecule has 2 nitrogen and oxygen atoms in total. The van der Waals surface area contributed by atoms with E-state index in [0.717, 1.165) is 24.1 Å². The van der Waals surface area contributed by atoms with E-state index in [0.29, 0.717) is 12.1 Å². The summed E-state index contributed by atoms with van der Waals surface area (Å²) >= 11 is 0. The number of hydrogen-bond donors (Lipinski definition) is 0. The standard InChI is InChI=1S/C23H24N2/c1-17-19(15-24)9-5-12-23(17)20-13-21-10-6-11-22(14-20)25(21)16-18-7-3-2-4-8-18/h2-5,7-9,12-13,21-22H,6,10-11,14,16H2,1H3. The molecule has 0 radical (unpaired) electrons. The van der Waals surface area contributed by atoms with Gasteiger partial charge in [-0.3, -0.25) is 4.90 Å². The van der Waals surface area contributed by atoms with E-state index in [1.54, 1.807) is 0 Å². The van der Waals surface area contributed by atoms with E-state index in [-0.39, 0.29) is 0 Å². The minimum absolute atomic E-state index is 0.521. The molecule has 2 aromatic carbocycles. The number of rotatable bonds is 3. The van der Waals surface area contributed by atoms with E-state index >= 15 is 0 Å². The van der Waals surface area contributed by atoms with E-state index in [2.05, 4.69) is 60.4 Å². The summed E-state index contributed by atoms with van der Waals surface area (Å²) in [5.74, 6) is 0. The molecule has 1 fully saturated rings. The minimum atomic E-state index is 0.521. The molecular weight excluding hydrogens is 304 g/mol. The molecule has 0 N–H and O–H groups in total. The summed E-state index contributed by atoms with van der Waals surface area (Å²) in [6.07, 6.45) is 7.41. The van der Waals surface area contributed by atoms with Gasteiger partial charge in [0.1, 0.15) is 0 Å². The molecule has 1 saturated heterocycles. The molecule has 2 unspecified atom stereocenters. The molecule has 0 saturated carbocycles. The average Bonchev–Trinajstić information content (AvgIpc) is 2.63. The first-order chi connectivity index (χ1) is 12.3. The number of hydrogen-bond acceptors (Lipinski definition) is 2. The van der Waals surface area contributed by atoms with E-state index in [9.17, 15) is 5.26 Å². The van der Waals surface area contributed by atoms with Crippen molar-refractivity contribution in [2.24, 2.45) is 0 Å². The first-order valence-electron chi connectivity index (χ1n) is 9.26. The zero-order valence-electron chi connectivity index (χ0n) is 14.8. The van der Waals surface area contributed by atoms with Gasteiger partial charge in [0.15, 0.2) is 0 Å². The average molecular weight is 328 g/mol. The summed E-state index contributed by atoms with van der Waals surface area (Å²) in [7, 11) is 0. The fourth-order valence-electron chi connectivity index (χ4n) is 4.46. The molecule has 2 heterocycles. The smallest absolute Gasteiger partial charge is 0.0994 e. The predicted octanol–water partition coefficient (Wildman–Crippen LogP) is 5.08. The normalized spacial score (nSPS) is 23.0. The molecule has 0 aromatic heterocycles. The summed E-state index contributed by atoms with van der Waals surface area (Å²) in [6, 6.07) is 20.4. The molecule has 2 bridgehead atoms. The van der Waals surface area contributed by atoms with Crippen molar-refractivity contribution >= 4 is 5.57 Å². The Hall–Kier alpha value is -2.37. The van der Waals surface area contributed by atoms with Gasteiger partial charge in [-0.2, -0.15) is 5.26 Å². The van der Waals surface area contributed by atoms with Crippen LogP contribution in [-0.4, -0.2) is 17.0 Å². The maximum atomic E-state index is 9.33. The molecule has 2 atom stereocenters. The van der Waals surface area contributed by atoms with Crippen LogP contribution in [0.25, 0.3) is 5.57 Å². The van der Waals surface area contributed by atoms with Crippen molar-refractivity contribution in [3.05, 3.63) is 76.9 Å². The SMILES string of the molecule is Cc1c(C#N)cccc1C1=CC2CCCC(C1)N2Cc1ccccc1.